The Hall–Kier alpha value is -0.290. The van der Waals surface area contributed by atoms with Gasteiger partial charge < -0.3 is 10.6 Å². The fourth-order valence-corrected chi connectivity index (χ4v) is 1.01. The van der Waals surface area contributed by atoms with Crippen LogP contribution in [0.1, 0.15) is 0 Å². The second-order valence-electron chi connectivity index (χ2n) is 1.93. The van der Waals surface area contributed by atoms with E-state index in [9.17, 15) is 4.79 Å². The topological polar surface area (TPSA) is 41.1 Å². The van der Waals surface area contributed by atoms with E-state index in [1.54, 1.807) is 0 Å². The molecule has 1 fully saturated rings. The number of thiocarbonyl (C=S) groups is 1. The molecule has 0 aliphatic carbocycles. The van der Waals surface area contributed by atoms with E-state index in [1.807, 2.05) is 6.26 Å². The second kappa shape index (κ2) is 3.21. The average Bonchev–Trinajstić information content (AvgIpc) is 1.96. The van der Waals surface area contributed by atoms with Gasteiger partial charge in [0.25, 0.3) is 0 Å². The van der Waals surface area contributed by atoms with Gasteiger partial charge in [-0.2, -0.15) is 0 Å². The largest absolute Gasteiger partial charge is 0.358 e. The fraction of sp³-hybridized carbons (Fsp3) is 0.600. The molecule has 56 valence electrons. The number of nitrogens with one attached hydrogen (secondary N) is 2. The summed E-state index contributed by atoms with van der Waals surface area (Å²) >= 11 is 6.30. The van der Waals surface area contributed by atoms with E-state index in [0.29, 0.717) is 10.9 Å². The molecule has 1 amide bonds. The molecule has 5 heteroatoms. The van der Waals surface area contributed by atoms with Crippen molar-refractivity contribution in [1.82, 2.24) is 10.6 Å². The zero-order valence-electron chi connectivity index (χ0n) is 5.51. The Morgan fingerprint density at radius 1 is 2.00 bits per heavy atom. The summed E-state index contributed by atoms with van der Waals surface area (Å²) in [6.07, 6.45) is 1.88. The molecule has 10 heavy (non-hydrogen) atoms. The highest BCUT2D eigenvalue weighted by molar-refractivity contribution is 8.22. The van der Waals surface area contributed by atoms with Crippen molar-refractivity contribution in [1.29, 1.82) is 0 Å². The number of amides is 1. The summed E-state index contributed by atoms with van der Waals surface area (Å²) in [7, 11) is 0. The van der Waals surface area contributed by atoms with Gasteiger partial charge in [0.2, 0.25) is 5.91 Å². The van der Waals surface area contributed by atoms with E-state index in [-0.39, 0.29) is 11.9 Å². The number of hydrogen-bond donors (Lipinski definition) is 2. The Morgan fingerprint density at radius 3 is 3.00 bits per heavy atom. The molecule has 0 bridgehead atoms. The molecule has 0 spiro atoms. The summed E-state index contributed by atoms with van der Waals surface area (Å²) in [6, 6.07) is -0.0834. The van der Waals surface area contributed by atoms with Gasteiger partial charge in [0.1, 0.15) is 10.4 Å². The zero-order chi connectivity index (χ0) is 7.56. The highest BCUT2D eigenvalue weighted by Crippen LogP contribution is 1.99. The molecule has 0 saturated carbocycles. The Labute approximate surface area is 68.9 Å². The summed E-state index contributed by atoms with van der Waals surface area (Å²) in [6.45, 7) is 0.694. The van der Waals surface area contributed by atoms with Crippen LogP contribution in [0.3, 0.4) is 0 Å². The number of carbonyl (C=O) groups excluding carboxylic acids is 1. The predicted octanol–water partition coefficient (Wildman–Crippen LogP) is -0.278. The third-order valence-corrected chi connectivity index (χ3v) is 2.38. The van der Waals surface area contributed by atoms with Gasteiger partial charge in [-0.15, -0.1) is 11.8 Å². The summed E-state index contributed by atoms with van der Waals surface area (Å²) < 4.78 is 0.680. The van der Waals surface area contributed by atoms with E-state index in [1.165, 1.54) is 11.8 Å². The molecule has 1 rings (SSSR count). The summed E-state index contributed by atoms with van der Waals surface area (Å²) in [5.74, 6) is 0.0383. The lowest BCUT2D eigenvalue weighted by atomic mass is 10.2. The maximum absolute atomic E-state index is 10.6. The molecule has 0 radical (unpaired) electrons. The van der Waals surface area contributed by atoms with Crippen molar-refractivity contribution < 1.29 is 4.79 Å². The van der Waals surface area contributed by atoms with Crippen LogP contribution in [0.4, 0.5) is 0 Å². The van der Waals surface area contributed by atoms with Gasteiger partial charge >= 0.3 is 0 Å². The molecular formula is C5H8N2OS2. The van der Waals surface area contributed by atoms with Crippen molar-refractivity contribution in [2.45, 2.75) is 6.04 Å². The Morgan fingerprint density at radius 2 is 2.70 bits per heavy atom. The normalized spacial score (nSPS) is 22.9. The lowest BCUT2D eigenvalue weighted by molar-refractivity contribution is -0.127. The summed E-state index contributed by atoms with van der Waals surface area (Å²) in [5.41, 5.74) is 0. The Kier molecular flexibility index (Phi) is 2.50. The third-order valence-electron chi connectivity index (χ3n) is 1.27. The first-order valence-corrected chi connectivity index (χ1v) is 4.49. The monoisotopic (exact) mass is 176 g/mol. The number of rotatable bonds is 1. The van der Waals surface area contributed by atoms with Crippen LogP contribution in [0.2, 0.25) is 0 Å². The third kappa shape index (κ3) is 1.60. The lowest BCUT2D eigenvalue weighted by Gasteiger charge is -2.27. The van der Waals surface area contributed by atoms with E-state index in [0.717, 1.165) is 0 Å². The van der Waals surface area contributed by atoms with Gasteiger partial charge in [0.15, 0.2) is 0 Å². The maximum Gasteiger partial charge on any atom is 0.244 e. The van der Waals surface area contributed by atoms with Crippen molar-refractivity contribution in [3.63, 3.8) is 0 Å². The van der Waals surface area contributed by atoms with Crippen LogP contribution in [0, 0.1) is 0 Å². The van der Waals surface area contributed by atoms with Crippen molar-refractivity contribution in [3.8, 4) is 0 Å². The number of hydrogen-bond acceptors (Lipinski definition) is 3. The van der Waals surface area contributed by atoms with E-state index >= 15 is 0 Å². The first kappa shape index (κ1) is 7.81. The first-order chi connectivity index (χ1) is 4.74. The van der Waals surface area contributed by atoms with Crippen LogP contribution in [0.15, 0.2) is 0 Å². The average molecular weight is 176 g/mol. The number of carbonyl (C=O) groups is 1. The van der Waals surface area contributed by atoms with E-state index in [2.05, 4.69) is 10.6 Å². The minimum absolute atomic E-state index is 0.0383. The quantitative estimate of drug-likeness (QED) is 0.426. The highest BCUT2D eigenvalue weighted by Gasteiger charge is 2.27. The maximum atomic E-state index is 10.6. The van der Waals surface area contributed by atoms with Crippen LogP contribution in [0.25, 0.3) is 0 Å². The van der Waals surface area contributed by atoms with Crippen LogP contribution in [0.5, 0.6) is 0 Å². The van der Waals surface area contributed by atoms with E-state index < -0.39 is 0 Å². The molecule has 0 aromatic rings. The molecule has 1 saturated heterocycles. The molecule has 1 aliphatic heterocycles. The van der Waals surface area contributed by atoms with E-state index in [4.69, 9.17) is 12.2 Å². The fourth-order valence-electron chi connectivity index (χ4n) is 0.605. The molecular weight excluding hydrogens is 168 g/mol. The van der Waals surface area contributed by atoms with Gasteiger partial charge in [-0.25, -0.2) is 0 Å². The van der Waals surface area contributed by atoms with Crippen LogP contribution < -0.4 is 10.6 Å². The number of β-lactam (4-membered cyclic amide) rings is 1. The molecule has 1 aliphatic rings. The highest BCUT2D eigenvalue weighted by atomic mass is 32.2. The van der Waals surface area contributed by atoms with Gasteiger partial charge in [0.05, 0.1) is 0 Å². The Balaban J connectivity index is 2.25. The first-order valence-electron chi connectivity index (χ1n) is 2.86. The molecule has 1 atom stereocenters. The summed E-state index contributed by atoms with van der Waals surface area (Å²) in [5, 5.41) is 5.52. The van der Waals surface area contributed by atoms with Crippen LogP contribution in [-0.2, 0) is 4.79 Å². The molecule has 0 aromatic carbocycles. The SMILES string of the molecule is CSC(=S)NC1CNC1=O. The van der Waals surface area contributed by atoms with Crippen molar-refractivity contribution >= 4 is 34.2 Å². The zero-order valence-corrected chi connectivity index (χ0v) is 7.14. The van der Waals surface area contributed by atoms with Crippen LogP contribution >= 0.6 is 24.0 Å². The van der Waals surface area contributed by atoms with Crippen molar-refractivity contribution in [2.24, 2.45) is 0 Å². The predicted molar refractivity (Wildman–Crippen MR) is 46.0 cm³/mol. The lowest BCUT2D eigenvalue weighted by Crippen LogP contribution is -2.61. The summed E-state index contributed by atoms with van der Waals surface area (Å²) in [4.78, 5) is 10.6. The molecule has 1 unspecified atom stereocenters. The molecule has 2 N–H and O–H groups in total. The van der Waals surface area contributed by atoms with Gasteiger partial charge in [-0.3, -0.25) is 4.79 Å². The molecule has 3 nitrogen and oxygen atoms in total. The number of thioether (sulfide) groups is 1. The second-order valence-corrected chi connectivity index (χ2v) is 3.42. The molecule has 1 heterocycles. The van der Waals surface area contributed by atoms with Gasteiger partial charge in [-0.1, -0.05) is 12.2 Å². The van der Waals surface area contributed by atoms with Gasteiger partial charge in [-0.05, 0) is 6.26 Å². The minimum atomic E-state index is -0.0834. The van der Waals surface area contributed by atoms with Crippen molar-refractivity contribution in [3.05, 3.63) is 0 Å². The van der Waals surface area contributed by atoms with Gasteiger partial charge in [0, 0.05) is 6.54 Å². The van der Waals surface area contributed by atoms with Crippen LogP contribution in [-0.4, -0.2) is 29.1 Å². The molecule has 0 aromatic heterocycles. The standard InChI is InChI=1S/C5H8N2OS2/c1-10-5(9)7-3-2-6-4(3)8/h3H,2H2,1H3,(H,6,8)(H,7,9). The van der Waals surface area contributed by atoms with Crippen molar-refractivity contribution in [2.75, 3.05) is 12.8 Å². The smallest absolute Gasteiger partial charge is 0.244 e. The Bertz CT molecular complexity index is 171. The minimum Gasteiger partial charge on any atom is -0.358 e.